The molecule has 1 aromatic rings. The third kappa shape index (κ3) is 4.90. The summed E-state index contributed by atoms with van der Waals surface area (Å²) in [6.07, 6.45) is 0. The molecule has 1 N–H and O–H groups in total. The molecule has 0 saturated carbocycles. The van der Waals surface area contributed by atoms with Crippen molar-refractivity contribution in [3.8, 4) is 0 Å². The lowest BCUT2D eigenvalue weighted by atomic mass is 10.0. The van der Waals surface area contributed by atoms with Crippen LogP contribution in [-0.4, -0.2) is 24.2 Å². The first kappa shape index (κ1) is 16.6. The number of nitrogens with zero attached hydrogens (tertiary/aromatic N) is 1. The molecule has 0 aromatic heterocycles. The highest BCUT2D eigenvalue weighted by Crippen LogP contribution is 2.19. The lowest BCUT2D eigenvalue weighted by Gasteiger charge is -2.26. The second-order valence-electron chi connectivity index (χ2n) is 5.25. The molecule has 0 spiro atoms. The Kier molecular flexibility index (Phi) is 6.61. The summed E-state index contributed by atoms with van der Waals surface area (Å²) in [6.45, 7) is 9.72. The van der Waals surface area contributed by atoms with Crippen LogP contribution in [0.1, 0.15) is 39.3 Å². The number of rotatable bonds is 8. The third-order valence-corrected chi connectivity index (χ3v) is 3.37. The molecule has 0 aliphatic rings. The van der Waals surface area contributed by atoms with Gasteiger partial charge in [0.05, 0.1) is 11.5 Å². The van der Waals surface area contributed by atoms with Crippen LogP contribution in [0.15, 0.2) is 24.3 Å². The van der Waals surface area contributed by atoms with Crippen LogP contribution in [-0.2, 0) is 4.74 Å². The number of hydrogen-bond acceptors (Lipinski definition) is 4. The average Bonchev–Trinajstić information content (AvgIpc) is 2.42. The molecule has 0 fully saturated rings. The van der Waals surface area contributed by atoms with Crippen molar-refractivity contribution < 1.29 is 9.66 Å². The topological polar surface area (TPSA) is 64.4 Å². The molecule has 0 aliphatic heterocycles. The second kappa shape index (κ2) is 7.97. The standard InChI is InChI=1S/C15H24N2O3/c1-5-20-10-15(11(2)3)16-12(4)13-6-8-14(9-7-13)17(18)19/h6-9,11-12,15-16H,5,10H2,1-4H3. The van der Waals surface area contributed by atoms with Crippen LogP contribution in [0.4, 0.5) is 5.69 Å². The van der Waals surface area contributed by atoms with E-state index >= 15 is 0 Å². The Bertz CT molecular complexity index is 418. The van der Waals surface area contributed by atoms with Crippen LogP contribution in [0.3, 0.4) is 0 Å². The molecule has 0 saturated heterocycles. The van der Waals surface area contributed by atoms with Gasteiger partial charge in [0, 0.05) is 30.8 Å². The molecule has 1 rings (SSSR count). The van der Waals surface area contributed by atoms with Crippen molar-refractivity contribution in [2.45, 2.75) is 39.8 Å². The molecule has 0 amide bonds. The zero-order valence-electron chi connectivity index (χ0n) is 12.6. The number of nitro groups is 1. The minimum absolute atomic E-state index is 0.121. The SMILES string of the molecule is CCOCC(NC(C)c1ccc([N+](=O)[O-])cc1)C(C)C. The summed E-state index contributed by atoms with van der Waals surface area (Å²) in [6, 6.07) is 7.08. The Morgan fingerprint density at radius 1 is 1.25 bits per heavy atom. The molecule has 2 unspecified atom stereocenters. The summed E-state index contributed by atoms with van der Waals surface area (Å²) < 4.78 is 5.49. The van der Waals surface area contributed by atoms with Gasteiger partial charge in [0.25, 0.3) is 5.69 Å². The van der Waals surface area contributed by atoms with Gasteiger partial charge in [0.15, 0.2) is 0 Å². The van der Waals surface area contributed by atoms with Crippen molar-refractivity contribution in [2.75, 3.05) is 13.2 Å². The fourth-order valence-corrected chi connectivity index (χ4v) is 1.98. The highest BCUT2D eigenvalue weighted by molar-refractivity contribution is 5.34. The van der Waals surface area contributed by atoms with Crippen LogP contribution >= 0.6 is 0 Å². The molecule has 0 radical (unpaired) electrons. The van der Waals surface area contributed by atoms with E-state index in [4.69, 9.17) is 4.74 Å². The van der Waals surface area contributed by atoms with Gasteiger partial charge in [-0.25, -0.2) is 0 Å². The van der Waals surface area contributed by atoms with Crippen molar-refractivity contribution in [1.29, 1.82) is 0 Å². The minimum atomic E-state index is -0.381. The maximum atomic E-state index is 10.6. The third-order valence-electron chi connectivity index (χ3n) is 3.37. The molecule has 112 valence electrons. The summed E-state index contributed by atoms with van der Waals surface area (Å²) >= 11 is 0. The van der Waals surface area contributed by atoms with E-state index in [0.29, 0.717) is 19.1 Å². The van der Waals surface area contributed by atoms with Gasteiger partial charge in [-0.1, -0.05) is 26.0 Å². The monoisotopic (exact) mass is 280 g/mol. The van der Waals surface area contributed by atoms with Gasteiger partial charge in [0.1, 0.15) is 0 Å². The maximum Gasteiger partial charge on any atom is 0.269 e. The van der Waals surface area contributed by atoms with Gasteiger partial charge >= 0.3 is 0 Å². The molecule has 5 nitrogen and oxygen atoms in total. The molecule has 5 heteroatoms. The van der Waals surface area contributed by atoms with E-state index in [1.807, 2.05) is 6.92 Å². The number of ether oxygens (including phenoxy) is 1. The van der Waals surface area contributed by atoms with Crippen LogP contribution in [0.25, 0.3) is 0 Å². The number of benzene rings is 1. The van der Waals surface area contributed by atoms with Crippen LogP contribution in [0.5, 0.6) is 0 Å². The average molecular weight is 280 g/mol. The largest absolute Gasteiger partial charge is 0.380 e. The fourth-order valence-electron chi connectivity index (χ4n) is 1.98. The number of nitro benzene ring substituents is 1. The summed E-state index contributed by atoms with van der Waals surface area (Å²) in [4.78, 5) is 10.3. The molecular weight excluding hydrogens is 256 g/mol. The summed E-state index contributed by atoms with van der Waals surface area (Å²) in [7, 11) is 0. The van der Waals surface area contributed by atoms with E-state index in [9.17, 15) is 10.1 Å². The van der Waals surface area contributed by atoms with Crippen LogP contribution in [0.2, 0.25) is 0 Å². The van der Waals surface area contributed by atoms with E-state index in [2.05, 4.69) is 26.1 Å². The number of nitrogens with one attached hydrogen (secondary N) is 1. The zero-order chi connectivity index (χ0) is 15.1. The first-order valence-electron chi connectivity index (χ1n) is 7.03. The van der Waals surface area contributed by atoms with E-state index < -0.39 is 0 Å². The summed E-state index contributed by atoms with van der Waals surface area (Å²) in [5.74, 6) is 0.460. The van der Waals surface area contributed by atoms with Crippen molar-refractivity contribution in [3.63, 3.8) is 0 Å². The number of non-ortho nitro benzene ring substituents is 1. The Morgan fingerprint density at radius 2 is 1.85 bits per heavy atom. The van der Waals surface area contributed by atoms with E-state index in [0.717, 1.165) is 5.56 Å². The Labute approximate surface area is 120 Å². The molecule has 1 aromatic carbocycles. The smallest absolute Gasteiger partial charge is 0.269 e. The predicted octanol–water partition coefficient (Wildman–Crippen LogP) is 3.31. The highest BCUT2D eigenvalue weighted by Gasteiger charge is 2.17. The Balaban J connectivity index is 2.67. The quantitative estimate of drug-likeness (QED) is 0.586. The van der Waals surface area contributed by atoms with Crippen LogP contribution < -0.4 is 5.32 Å². The molecule has 20 heavy (non-hydrogen) atoms. The van der Waals surface area contributed by atoms with Gasteiger partial charge in [-0.3, -0.25) is 10.1 Å². The number of hydrogen-bond donors (Lipinski definition) is 1. The van der Waals surface area contributed by atoms with Gasteiger partial charge in [0.2, 0.25) is 0 Å². The second-order valence-corrected chi connectivity index (χ2v) is 5.25. The first-order valence-corrected chi connectivity index (χ1v) is 7.03. The Morgan fingerprint density at radius 3 is 2.30 bits per heavy atom. The summed E-state index contributed by atoms with van der Waals surface area (Å²) in [5, 5.41) is 14.2. The van der Waals surface area contributed by atoms with Gasteiger partial charge < -0.3 is 10.1 Å². The normalized spacial score (nSPS) is 14.2. The van der Waals surface area contributed by atoms with E-state index in [1.54, 1.807) is 24.3 Å². The molecule has 2 atom stereocenters. The predicted molar refractivity (Wildman–Crippen MR) is 79.8 cm³/mol. The van der Waals surface area contributed by atoms with Crippen molar-refractivity contribution in [2.24, 2.45) is 5.92 Å². The minimum Gasteiger partial charge on any atom is -0.380 e. The van der Waals surface area contributed by atoms with Crippen molar-refractivity contribution in [3.05, 3.63) is 39.9 Å². The molecule has 0 heterocycles. The molecular formula is C15H24N2O3. The van der Waals surface area contributed by atoms with Crippen LogP contribution in [0, 0.1) is 16.0 Å². The molecule has 0 aliphatic carbocycles. The lowest BCUT2D eigenvalue weighted by Crippen LogP contribution is -2.39. The lowest BCUT2D eigenvalue weighted by molar-refractivity contribution is -0.384. The van der Waals surface area contributed by atoms with Gasteiger partial charge in [-0.05, 0) is 25.3 Å². The van der Waals surface area contributed by atoms with Crippen molar-refractivity contribution in [1.82, 2.24) is 5.32 Å². The fraction of sp³-hybridized carbons (Fsp3) is 0.600. The zero-order valence-corrected chi connectivity index (χ0v) is 12.6. The van der Waals surface area contributed by atoms with E-state index in [1.165, 1.54) is 0 Å². The van der Waals surface area contributed by atoms with Gasteiger partial charge in [-0.2, -0.15) is 0 Å². The first-order chi connectivity index (χ1) is 9.45. The molecule has 0 bridgehead atoms. The van der Waals surface area contributed by atoms with E-state index in [-0.39, 0.29) is 22.7 Å². The van der Waals surface area contributed by atoms with Gasteiger partial charge in [-0.15, -0.1) is 0 Å². The highest BCUT2D eigenvalue weighted by atomic mass is 16.6. The van der Waals surface area contributed by atoms with Crippen molar-refractivity contribution >= 4 is 5.69 Å². The summed E-state index contributed by atoms with van der Waals surface area (Å²) in [5.41, 5.74) is 1.16. The Hall–Kier alpha value is -1.46. The maximum absolute atomic E-state index is 10.6.